The monoisotopic (exact) mass is 321 g/mol. The van der Waals surface area contributed by atoms with Gasteiger partial charge in [-0.05, 0) is 6.42 Å². The summed E-state index contributed by atoms with van der Waals surface area (Å²) in [6.07, 6.45) is 10.2. The highest BCUT2D eigenvalue weighted by atomic mass is 16.5. The van der Waals surface area contributed by atoms with Crippen LogP contribution in [0.4, 0.5) is 5.82 Å². The maximum Gasteiger partial charge on any atom is 0.245 e. The smallest absolute Gasteiger partial charge is 0.245 e. The molecule has 0 unspecified atom stereocenters. The Balaban J connectivity index is 2.32. The van der Waals surface area contributed by atoms with Gasteiger partial charge in [-0.1, -0.05) is 50.3 Å². The van der Waals surface area contributed by atoms with E-state index in [1.54, 1.807) is 12.1 Å². The first-order valence-electron chi connectivity index (χ1n) is 8.26. The minimum atomic E-state index is -0.294. The zero-order valence-corrected chi connectivity index (χ0v) is 13.9. The van der Waals surface area contributed by atoms with Crippen LogP contribution in [0.1, 0.15) is 51.9 Å². The predicted octanol–water partition coefficient (Wildman–Crippen LogP) is 3.38. The number of carbonyl (C=O) groups excluding carboxylic acids is 2. The Morgan fingerprint density at radius 3 is 2.70 bits per heavy atom. The van der Waals surface area contributed by atoms with Gasteiger partial charge in [0.25, 0.3) is 0 Å². The summed E-state index contributed by atoms with van der Waals surface area (Å²) in [6, 6.07) is 1.55. The van der Waals surface area contributed by atoms with Gasteiger partial charge in [0.05, 0.1) is 0 Å². The maximum absolute atomic E-state index is 12.2. The van der Waals surface area contributed by atoms with E-state index in [0.717, 1.165) is 19.3 Å². The topological polar surface area (TPSA) is 75.4 Å². The number of rotatable bonds is 12. The highest BCUT2D eigenvalue weighted by molar-refractivity contribution is 5.93. The molecule has 0 radical (unpaired) electrons. The fourth-order valence-corrected chi connectivity index (χ4v) is 2.26. The normalized spacial score (nSPS) is 10.3. The predicted molar refractivity (Wildman–Crippen MR) is 89.9 cm³/mol. The molecule has 0 aliphatic heterocycles. The van der Waals surface area contributed by atoms with Crippen LogP contribution in [0.5, 0.6) is 0 Å². The largest absolute Gasteiger partial charge is 0.363 e. The second kappa shape index (κ2) is 11.5. The van der Waals surface area contributed by atoms with E-state index in [0.29, 0.717) is 18.8 Å². The lowest BCUT2D eigenvalue weighted by molar-refractivity contribution is -0.134. The molecule has 0 spiro atoms. The fourth-order valence-electron chi connectivity index (χ4n) is 2.26. The number of nitrogens with zero attached hydrogens (tertiary/aromatic N) is 2. The lowest BCUT2D eigenvalue weighted by atomic mass is 10.1. The molecule has 23 heavy (non-hydrogen) atoms. The summed E-state index contributed by atoms with van der Waals surface area (Å²) in [5.41, 5.74) is 0. The average Bonchev–Trinajstić information content (AvgIpc) is 3.03. The Hall–Kier alpha value is -2.11. The zero-order chi connectivity index (χ0) is 16.9. The molecule has 0 atom stereocenters. The molecule has 0 bridgehead atoms. The number of hydrogen-bond donors (Lipinski definition) is 1. The Labute approximate surface area is 137 Å². The van der Waals surface area contributed by atoms with Crippen molar-refractivity contribution in [3.63, 3.8) is 0 Å². The number of amides is 2. The van der Waals surface area contributed by atoms with Crippen LogP contribution >= 0.6 is 0 Å². The molecule has 1 heterocycles. The van der Waals surface area contributed by atoms with Crippen molar-refractivity contribution in [1.82, 2.24) is 10.1 Å². The molecular weight excluding hydrogens is 294 g/mol. The molecule has 0 saturated carbocycles. The van der Waals surface area contributed by atoms with E-state index in [1.165, 1.54) is 30.4 Å². The average molecular weight is 321 g/mol. The summed E-state index contributed by atoms with van der Waals surface area (Å²) < 4.78 is 4.65. The number of anilines is 1. The van der Waals surface area contributed by atoms with Gasteiger partial charge in [-0.3, -0.25) is 9.59 Å². The molecule has 6 heteroatoms. The molecule has 2 amide bonds. The Morgan fingerprint density at radius 2 is 2.04 bits per heavy atom. The molecule has 0 fully saturated rings. The highest BCUT2D eigenvalue weighted by Gasteiger charge is 2.16. The van der Waals surface area contributed by atoms with Gasteiger partial charge in [0.2, 0.25) is 11.8 Å². The summed E-state index contributed by atoms with van der Waals surface area (Å²) in [6.45, 7) is 6.18. The maximum atomic E-state index is 12.2. The Bertz CT molecular complexity index is 471. The minimum absolute atomic E-state index is 0.00640. The number of hydrogen-bond acceptors (Lipinski definition) is 4. The van der Waals surface area contributed by atoms with Crippen LogP contribution < -0.4 is 5.32 Å². The standard InChI is InChI=1S/C17H27N3O3/c1-3-5-6-7-8-9-10-17(22)20(12-4-2)14-16(21)18-15-11-13-23-19-15/h4,11,13H,2-3,5-10,12,14H2,1H3,(H,18,19,21). The van der Waals surface area contributed by atoms with Crippen LogP contribution in [0.2, 0.25) is 0 Å². The second-order valence-corrected chi connectivity index (χ2v) is 5.51. The van der Waals surface area contributed by atoms with E-state index in [4.69, 9.17) is 0 Å². The van der Waals surface area contributed by atoms with Crippen LogP contribution in [-0.4, -0.2) is 35.0 Å². The third kappa shape index (κ3) is 8.18. The van der Waals surface area contributed by atoms with Gasteiger partial charge in [0.1, 0.15) is 12.8 Å². The summed E-state index contributed by atoms with van der Waals surface area (Å²) in [7, 11) is 0. The molecule has 1 N–H and O–H groups in total. The third-order valence-electron chi connectivity index (χ3n) is 3.49. The highest BCUT2D eigenvalue weighted by Crippen LogP contribution is 2.09. The Kier molecular flexibility index (Phi) is 9.43. The van der Waals surface area contributed by atoms with E-state index >= 15 is 0 Å². The lowest BCUT2D eigenvalue weighted by Gasteiger charge is -2.20. The summed E-state index contributed by atoms with van der Waals surface area (Å²) >= 11 is 0. The van der Waals surface area contributed by atoms with Crippen molar-refractivity contribution in [3.05, 3.63) is 25.0 Å². The molecule has 0 aliphatic rings. The Morgan fingerprint density at radius 1 is 1.30 bits per heavy atom. The van der Waals surface area contributed by atoms with Gasteiger partial charge in [-0.25, -0.2) is 0 Å². The first-order chi connectivity index (χ1) is 11.2. The summed E-state index contributed by atoms with van der Waals surface area (Å²) in [5, 5.41) is 6.19. The van der Waals surface area contributed by atoms with Crippen molar-refractivity contribution in [2.75, 3.05) is 18.4 Å². The SMILES string of the molecule is C=CCN(CC(=O)Nc1ccon1)C(=O)CCCCCCCC. The van der Waals surface area contributed by atoms with Gasteiger partial charge in [0.15, 0.2) is 5.82 Å². The van der Waals surface area contributed by atoms with Crippen molar-refractivity contribution >= 4 is 17.6 Å². The van der Waals surface area contributed by atoms with Gasteiger partial charge in [-0.2, -0.15) is 0 Å². The van der Waals surface area contributed by atoms with Crippen LogP contribution in [0.3, 0.4) is 0 Å². The molecule has 1 aromatic heterocycles. The van der Waals surface area contributed by atoms with Crippen LogP contribution in [0.25, 0.3) is 0 Å². The van der Waals surface area contributed by atoms with Crippen molar-refractivity contribution in [3.8, 4) is 0 Å². The first kappa shape index (κ1) is 18.9. The molecule has 0 aromatic carbocycles. The molecular formula is C17H27N3O3. The van der Waals surface area contributed by atoms with Crippen LogP contribution in [0, 0.1) is 0 Å². The minimum Gasteiger partial charge on any atom is -0.363 e. The van der Waals surface area contributed by atoms with Gasteiger partial charge in [-0.15, -0.1) is 6.58 Å². The van der Waals surface area contributed by atoms with Crippen molar-refractivity contribution in [2.45, 2.75) is 51.9 Å². The van der Waals surface area contributed by atoms with Crippen molar-refractivity contribution in [2.24, 2.45) is 0 Å². The van der Waals surface area contributed by atoms with Gasteiger partial charge >= 0.3 is 0 Å². The number of unbranched alkanes of at least 4 members (excludes halogenated alkanes) is 5. The molecule has 0 aliphatic carbocycles. The lowest BCUT2D eigenvalue weighted by Crippen LogP contribution is -2.38. The fraction of sp³-hybridized carbons (Fsp3) is 0.588. The molecule has 128 valence electrons. The van der Waals surface area contributed by atoms with Gasteiger partial charge < -0.3 is 14.7 Å². The number of carbonyl (C=O) groups is 2. The van der Waals surface area contributed by atoms with Crippen molar-refractivity contribution < 1.29 is 14.1 Å². The zero-order valence-electron chi connectivity index (χ0n) is 13.9. The molecule has 0 saturated heterocycles. The first-order valence-corrected chi connectivity index (χ1v) is 8.26. The number of nitrogens with one attached hydrogen (secondary N) is 1. The quantitative estimate of drug-likeness (QED) is 0.473. The molecule has 1 rings (SSSR count). The van der Waals surface area contributed by atoms with Gasteiger partial charge in [0, 0.05) is 19.0 Å². The number of aromatic nitrogens is 1. The second-order valence-electron chi connectivity index (χ2n) is 5.51. The van der Waals surface area contributed by atoms with Crippen LogP contribution in [0.15, 0.2) is 29.5 Å². The van der Waals surface area contributed by atoms with Crippen molar-refractivity contribution in [1.29, 1.82) is 0 Å². The molecule has 1 aromatic rings. The third-order valence-corrected chi connectivity index (χ3v) is 3.49. The van der Waals surface area contributed by atoms with Crippen LogP contribution in [-0.2, 0) is 9.59 Å². The van der Waals surface area contributed by atoms with E-state index in [9.17, 15) is 9.59 Å². The van der Waals surface area contributed by atoms with E-state index in [2.05, 4.69) is 28.5 Å². The summed E-state index contributed by atoms with van der Waals surface area (Å²) in [5.74, 6) is 0.0321. The van der Waals surface area contributed by atoms with E-state index in [-0.39, 0.29) is 18.4 Å². The summed E-state index contributed by atoms with van der Waals surface area (Å²) in [4.78, 5) is 25.7. The van der Waals surface area contributed by atoms with E-state index < -0.39 is 0 Å². The molecule has 6 nitrogen and oxygen atoms in total. The van der Waals surface area contributed by atoms with E-state index in [1.807, 2.05) is 0 Å².